The molecule has 1 saturated carbocycles. The number of hydrogen-bond donors (Lipinski definition) is 1. The monoisotopic (exact) mass is 540 g/mol. The van der Waals surface area contributed by atoms with E-state index in [4.69, 9.17) is 0 Å². The van der Waals surface area contributed by atoms with Gasteiger partial charge in [0.2, 0.25) is 0 Å². The maximum atomic E-state index is 14.9. The molecular formula is C23H23F3N4O4S2. The number of halogens is 3. The van der Waals surface area contributed by atoms with Crippen LogP contribution in [0.3, 0.4) is 0 Å². The first-order valence-electron chi connectivity index (χ1n) is 10.9. The van der Waals surface area contributed by atoms with Crippen LogP contribution in [0.4, 0.5) is 24.7 Å². The fourth-order valence-corrected chi connectivity index (χ4v) is 5.64. The second-order valence-corrected chi connectivity index (χ2v) is 10.8. The maximum absolute atomic E-state index is 14.9. The molecule has 0 unspecified atom stereocenters. The van der Waals surface area contributed by atoms with E-state index in [2.05, 4.69) is 20.0 Å². The highest BCUT2D eigenvalue weighted by Gasteiger charge is 2.35. The second-order valence-electron chi connectivity index (χ2n) is 8.42. The van der Waals surface area contributed by atoms with Gasteiger partial charge in [-0.1, -0.05) is 16.6 Å². The summed E-state index contributed by atoms with van der Waals surface area (Å²) in [6.07, 6.45) is 2.38. The van der Waals surface area contributed by atoms with Crippen molar-refractivity contribution in [1.82, 2.24) is 9.88 Å². The first-order chi connectivity index (χ1) is 17.2. The maximum Gasteiger partial charge on any atom is 0.322 e. The standard InChI is InChI=1S/C23H23F3N4O4S2/c1-29(10-15-5-6-15)11-16-3-2-4-19(24)18(16)9-27-17-7-20(25)23(21(26)8-17)36(32,33)30(34-14-31)22-12-35-13-28-22/h2-4,7-8,12-15,27H,5-6,9-11H2,1H3. The summed E-state index contributed by atoms with van der Waals surface area (Å²) in [5.41, 5.74) is 2.23. The molecular weight excluding hydrogens is 517 g/mol. The van der Waals surface area contributed by atoms with Gasteiger partial charge in [-0.25, -0.2) is 18.2 Å². The third kappa shape index (κ3) is 5.79. The fraction of sp³-hybridized carbons (Fsp3) is 0.304. The molecule has 1 aliphatic carbocycles. The molecule has 36 heavy (non-hydrogen) atoms. The summed E-state index contributed by atoms with van der Waals surface area (Å²) >= 11 is 0.988. The number of thiazole rings is 1. The predicted octanol–water partition coefficient (Wildman–Crippen LogP) is 4.30. The van der Waals surface area contributed by atoms with E-state index in [1.165, 1.54) is 29.8 Å². The number of nitrogens with one attached hydrogen (secondary N) is 1. The minimum atomic E-state index is -4.98. The summed E-state index contributed by atoms with van der Waals surface area (Å²) in [4.78, 5) is 19.8. The zero-order chi connectivity index (χ0) is 25.9. The Hall–Kier alpha value is -3.16. The summed E-state index contributed by atoms with van der Waals surface area (Å²) in [7, 11) is -3.03. The van der Waals surface area contributed by atoms with Crippen LogP contribution in [-0.4, -0.2) is 38.4 Å². The van der Waals surface area contributed by atoms with E-state index in [-0.39, 0.29) is 29.0 Å². The van der Waals surface area contributed by atoms with Gasteiger partial charge in [-0.2, -0.15) is 8.42 Å². The predicted molar refractivity (Wildman–Crippen MR) is 128 cm³/mol. The minimum absolute atomic E-state index is 0.0366. The molecule has 0 bridgehead atoms. The summed E-state index contributed by atoms with van der Waals surface area (Å²) in [5, 5.41) is 3.99. The largest absolute Gasteiger partial charge is 0.381 e. The van der Waals surface area contributed by atoms with E-state index < -0.39 is 32.4 Å². The van der Waals surface area contributed by atoms with Gasteiger partial charge in [-0.15, -0.1) is 11.3 Å². The van der Waals surface area contributed by atoms with Crippen molar-refractivity contribution in [2.24, 2.45) is 5.92 Å². The Labute approximate surface area is 210 Å². The number of sulfonamides is 1. The first-order valence-corrected chi connectivity index (χ1v) is 13.3. The smallest absolute Gasteiger partial charge is 0.322 e. The number of aromatic nitrogens is 1. The van der Waals surface area contributed by atoms with Crippen molar-refractivity contribution in [2.45, 2.75) is 30.8 Å². The van der Waals surface area contributed by atoms with Gasteiger partial charge in [0.25, 0.3) is 0 Å². The van der Waals surface area contributed by atoms with Gasteiger partial charge in [0.1, 0.15) is 17.5 Å². The summed E-state index contributed by atoms with van der Waals surface area (Å²) in [5.74, 6) is -3.00. The van der Waals surface area contributed by atoms with Crippen molar-refractivity contribution in [3.05, 3.63) is 69.8 Å². The Morgan fingerprint density at radius 1 is 1.19 bits per heavy atom. The molecule has 0 amide bonds. The number of hydrogen-bond acceptors (Lipinski definition) is 8. The minimum Gasteiger partial charge on any atom is -0.381 e. The zero-order valence-electron chi connectivity index (χ0n) is 19.2. The molecule has 0 atom stereocenters. The quantitative estimate of drug-likeness (QED) is 0.271. The van der Waals surface area contributed by atoms with Gasteiger partial charge < -0.3 is 15.1 Å². The molecule has 0 radical (unpaired) electrons. The van der Waals surface area contributed by atoms with Crippen molar-refractivity contribution in [3.63, 3.8) is 0 Å². The molecule has 3 aromatic rings. The van der Waals surface area contributed by atoms with Crippen LogP contribution in [0.15, 0.2) is 46.1 Å². The lowest BCUT2D eigenvalue weighted by atomic mass is 10.1. The molecule has 1 aromatic heterocycles. The van der Waals surface area contributed by atoms with Crippen LogP contribution in [0.5, 0.6) is 0 Å². The van der Waals surface area contributed by atoms with Crippen LogP contribution in [0, 0.1) is 23.4 Å². The van der Waals surface area contributed by atoms with Crippen LogP contribution in [0.25, 0.3) is 0 Å². The molecule has 13 heteroatoms. The molecule has 1 aliphatic rings. The zero-order valence-corrected chi connectivity index (χ0v) is 20.8. The van der Waals surface area contributed by atoms with E-state index >= 15 is 0 Å². The molecule has 1 heterocycles. The van der Waals surface area contributed by atoms with Crippen LogP contribution in [0.2, 0.25) is 0 Å². The Bertz CT molecular complexity index is 1310. The summed E-state index contributed by atoms with van der Waals surface area (Å²) < 4.78 is 70.2. The Morgan fingerprint density at radius 2 is 1.92 bits per heavy atom. The molecule has 8 nitrogen and oxygen atoms in total. The van der Waals surface area contributed by atoms with Crippen molar-refractivity contribution >= 4 is 39.3 Å². The Balaban J connectivity index is 1.55. The SMILES string of the molecule is CN(Cc1cccc(F)c1CNc1cc(F)c(S(=O)(=O)N(OC=O)c2cscn2)c(F)c1)CC1CC1. The highest BCUT2D eigenvalue weighted by molar-refractivity contribution is 7.92. The number of benzene rings is 2. The number of anilines is 2. The average molecular weight is 541 g/mol. The van der Waals surface area contributed by atoms with E-state index in [0.717, 1.165) is 35.6 Å². The van der Waals surface area contributed by atoms with E-state index in [1.807, 2.05) is 7.05 Å². The van der Waals surface area contributed by atoms with Crippen molar-refractivity contribution < 1.29 is 31.2 Å². The molecule has 2 aromatic carbocycles. The van der Waals surface area contributed by atoms with Gasteiger partial charge >= 0.3 is 16.5 Å². The van der Waals surface area contributed by atoms with Crippen molar-refractivity contribution in [2.75, 3.05) is 23.4 Å². The van der Waals surface area contributed by atoms with Crippen molar-refractivity contribution in [1.29, 1.82) is 0 Å². The Morgan fingerprint density at radius 3 is 2.53 bits per heavy atom. The van der Waals surface area contributed by atoms with Gasteiger partial charge in [-0.3, -0.25) is 4.79 Å². The average Bonchev–Trinajstić information content (AvgIpc) is 3.45. The van der Waals surface area contributed by atoms with Gasteiger partial charge in [-0.05, 0) is 49.6 Å². The van der Waals surface area contributed by atoms with Crippen LogP contribution in [-0.2, 0) is 32.7 Å². The third-order valence-corrected chi connectivity index (χ3v) is 7.80. The molecule has 0 saturated heterocycles. The lowest BCUT2D eigenvalue weighted by molar-refractivity contribution is -0.128. The number of carbonyl (C=O) groups is 1. The molecule has 0 aliphatic heterocycles. The molecule has 0 spiro atoms. The highest BCUT2D eigenvalue weighted by atomic mass is 32.2. The van der Waals surface area contributed by atoms with Crippen LogP contribution < -0.4 is 9.79 Å². The Kier molecular flexibility index (Phi) is 7.81. The molecule has 1 N–H and O–H groups in total. The van der Waals surface area contributed by atoms with Gasteiger partial charge in [0.15, 0.2) is 10.7 Å². The number of rotatable bonds is 12. The van der Waals surface area contributed by atoms with E-state index in [1.54, 1.807) is 12.1 Å². The lowest BCUT2D eigenvalue weighted by Gasteiger charge is -2.20. The summed E-state index contributed by atoms with van der Waals surface area (Å²) in [6.45, 7) is 1.13. The molecule has 4 rings (SSSR count). The van der Waals surface area contributed by atoms with Gasteiger partial charge in [0.05, 0.1) is 5.51 Å². The fourth-order valence-electron chi connectivity index (χ4n) is 3.80. The number of nitrogens with zero attached hydrogens (tertiary/aromatic N) is 3. The van der Waals surface area contributed by atoms with Crippen LogP contribution in [0.1, 0.15) is 24.0 Å². The third-order valence-electron chi connectivity index (χ3n) is 5.61. The van der Waals surface area contributed by atoms with E-state index in [9.17, 15) is 26.4 Å². The van der Waals surface area contributed by atoms with Crippen molar-refractivity contribution in [3.8, 4) is 0 Å². The van der Waals surface area contributed by atoms with Gasteiger partial charge in [0, 0.05) is 36.3 Å². The summed E-state index contributed by atoms with van der Waals surface area (Å²) in [6, 6.07) is 6.25. The topological polar surface area (TPSA) is 91.8 Å². The first kappa shape index (κ1) is 25.9. The second kappa shape index (κ2) is 10.8. The number of carbonyl (C=O) groups excluding carboxylic acids is 1. The lowest BCUT2D eigenvalue weighted by Crippen LogP contribution is -2.32. The molecule has 192 valence electrons. The highest BCUT2D eigenvalue weighted by Crippen LogP contribution is 2.31. The van der Waals surface area contributed by atoms with E-state index in [0.29, 0.717) is 18.0 Å². The van der Waals surface area contributed by atoms with Crippen LogP contribution >= 0.6 is 11.3 Å². The normalized spacial score (nSPS) is 13.6. The molecule has 1 fully saturated rings.